The molecule has 5 nitrogen and oxygen atoms in total. The largest absolute Gasteiger partial charge is 0.465 e. The summed E-state index contributed by atoms with van der Waals surface area (Å²) in [5.74, 6) is 1.39. The van der Waals surface area contributed by atoms with Crippen LogP contribution in [-0.4, -0.2) is 33.1 Å². The molecule has 1 rings (SSSR count). The van der Waals surface area contributed by atoms with Gasteiger partial charge in [0.05, 0.1) is 12.4 Å². The summed E-state index contributed by atoms with van der Waals surface area (Å²) in [6.45, 7) is 9.40. The predicted molar refractivity (Wildman–Crippen MR) is 71.8 cm³/mol. The molecule has 0 saturated carbocycles. The highest BCUT2D eigenvalue weighted by Crippen LogP contribution is 2.21. The molecule has 0 unspecified atom stereocenters. The highest BCUT2D eigenvalue weighted by atomic mass is 32.2. The van der Waals surface area contributed by atoms with Gasteiger partial charge >= 0.3 is 5.97 Å². The molecule has 1 aromatic heterocycles. The van der Waals surface area contributed by atoms with E-state index < -0.39 is 0 Å². The van der Waals surface area contributed by atoms with Crippen LogP contribution in [0.4, 0.5) is 0 Å². The third-order valence-electron chi connectivity index (χ3n) is 2.33. The van der Waals surface area contributed by atoms with E-state index in [0.29, 0.717) is 12.5 Å². The van der Waals surface area contributed by atoms with Gasteiger partial charge in [-0.3, -0.25) is 4.79 Å². The van der Waals surface area contributed by atoms with Gasteiger partial charge in [-0.1, -0.05) is 32.5 Å². The zero-order chi connectivity index (χ0) is 13.5. The molecule has 1 aromatic rings. The molecule has 6 heteroatoms. The molecule has 0 fully saturated rings. The maximum Gasteiger partial charge on any atom is 0.316 e. The Labute approximate surface area is 112 Å². The second-order valence-corrected chi connectivity index (χ2v) is 5.18. The van der Waals surface area contributed by atoms with E-state index in [9.17, 15) is 4.79 Å². The molecule has 0 saturated heterocycles. The van der Waals surface area contributed by atoms with Gasteiger partial charge in [0.15, 0.2) is 5.16 Å². The lowest BCUT2D eigenvalue weighted by atomic mass is 10.2. The number of ether oxygens (including phenoxy) is 1. The Hall–Kier alpha value is -1.04. The van der Waals surface area contributed by atoms with Crippen molar-refractivity contribution in [2.45, 2.75) is 51.7 Å². The van der Waals surface area contributed by atoms with Gasteiger partial charge in [-0.15, -0.1) is 10.2 Å². The summed E-state index contributed by atoms with van der Waals surface area (Å²) in [5, 5.41) is 9.15. The predicted octanol–water partition coefficient (Wildman–Crippen LogP) is 2.47. The van der Waals surface area contributed by atoms with Crippen LogP contribution >= 0.6 is 11.8 Å². The fourth-order valence-electron chi connectivity index (χ4n) is 1.59. The highest BCUT2D eigenvalue weighted by Gasteiger charge is 2.15. The lowest BCUT2D eigenvalue weighted by molar-refractivity contribution is -0.139. The average molecular weight is 271 g/mol. The normalized spacial score (nSPS) is 10.9. The molecule has 0 bridgehead atoms. The third kappa shape index (κ3) is 4.01. The summed E-state index contributed by atoms with van der Waals surface area (Å²) >= 11 is 1.39. The molecule has 0 aliphatic carbocycles. The molecule has 0 N–H and O–H groups in total. The van der Waals surface area contributed by atoms with E-state index in [1.54, 1.807) is 6.92 Å². The Morgan fingerprint density at radius 1 is 1.39 bits per heavy atom. The molecule has 0 atom stereocenters. The Morgan fingerprint density at radius 3 is 2.67 bits per heavy atom. The van der Waals surface area contributed by atoms with Gasteiger partial charge in [0.25, 0.3) is 0 Å². The highest BCUT2D eigenvalue weighted by molar-refractivity contribution is 7.99. The van der Waals surface area contributed by atoms with Gasteiger partial charge in [-0.05, 0) is 13.3 Å². The van der Waals surface area contributed by atoms with Crippen LogP contribution in [0, 0.1) is 0 Å². The van der Waals surface area contributed by atoms with Crippen molar-refractivity contribution in [3.8, 4) is 0 Å². The smallest absolute Gasteiger partial charge is 0.316 e. The van der Waals surface area contributed by atoms with Gasteiger partial charge in [-0.25, -0.2) is 0 Å². The van der Waals surface area contributed by atoms with Crippen molar-refractivity contribution in [1.82, 2.24) is 14.8 Å². The minimum absolute atomic E-state index is 0.209. The van der Waals surface area contributed by atoms with Crippen LogP contribution in [0.3, 0.4) is 0 Å². The Kier molecular flexibility index (Phi) is 6.18. The first-order valence-electron chi connectivity index (χ1n) is 6.31. The van der Waals surface area contributed by atoms with Crippen LogP contribution < -0.4 is 0 Å². The fourth-order valence-corrected chi connectivity index (χ4v) is 2.36. The Balaban J connectivity index is 2.72. The van der Waals surface area contributed by atoms with Gasteiger partial charge in [0, 0.05) is 12.5 Å². The molecule has 1 heterocycles. The first kappa shape index (κ1) is 15.0. The molecule has 0 aliphatic heterocycles. The average Bonchev–Trinajstić information content (AvgIpc) is 2.71. The van der Waals surface area contributed by atoms with E-state index in [1.165, 1.54) is 11.8 Å². The number of hydrogen-bond donors (Lipinski definition) is 0. The molecule has 0 aliphatic rings. The lowest BCUT2D eigenvalue weighted by Gasteiger charge is -2.10. The number of nitrogens with zero attached hydrogens (tertiary/aromatic N) is 3. The maximum atomic E-state index is 11.3. The van der Waals surface area contributed by atoms with Gasteiger partial charge in [0.1, 0.15) is 5.82 Å². The SMILES string of the molecule is CCCn1c(SCC(=O)OCC)nnc1C(C)C. The summed E-state index contributed by atoms with van der Waals surface area (Å²) < 4.78 is 6.99. The molecule has 0 amide bonds. The maximum absolute atomic E-state index is 11.3. The molecule has 0 spiro atoms. The van der Waals surface area contributed by atoms with E-state index >= 15 is 0 Å². The lowest BCUT2D eigenvalue weighted by Crippen LogP contribution is -2.09. The van der Waals surface area contributed by atoms with Gasteiger partial charge < -0.3 is 9.30 Å². The first-order valence-corrected chi connectivity index (χ1v) is 7.30. The van der Waals surface area contributed by atoms with E-state index in [4.69, 9.17) is 4.74 Å². The Morgan fingerprint density at radius 2 is 2.11 bits per heavy atom. The molecular weight excluding hydrogens is 250 g/mol. The van der Waals surface area contributed by atoms with Crippen LogP contribution in [-0.2, 0) is 16.1 Å². The number of thioether (sulfide) groups is 1. The van der Waals surface area contributed by atoms with Gasteiger partial charge in [0.2, 0.25) is 0 Å². The van der Waals surface area contributed by atoms with Crippen LogP contribution in [0.1, 0.15) is 45.9 Å². The minimum atomic E-state index is -0.209. The van der Waals surface area contributed by atoms with Crippen LogP contribution in [0.15, 0.2) is 5.16 Å². The number of carbonyl (C=O) groups is 1. The zero-order valence-corrected chi connectivity index (χ0v) is 12.3. The standard InChI is InChI=1S/C12H21N3O2S/c1-5-7-15-11(9(3)4)13-14-12(15)18-8-10(16)17-6-2/h9H,5-8H2,1-4H3. The summed E-state index contributed by atoms with van der Waals surface area (Å²) in [7, 11) is 0. The summed E-state index contributed by atoms with van der Waals surface area (Å²) in [4.78, 5) is 11.3. The number of esters is 1. The quantitative estimate of drug-likeness (QED) is 0.563. The molecule has 0 aromatic carbocycles. The topological polar surface area (TPSA) is 57.0 Å². The van der Waals surface area contributed by atoms with Crippen molar-refractivity contribution < 1.29 is 9.53 Å². The summed E-state index contributed by atoms with van der Waals surface area (Å²) in [5.41, 5.74) is 0. The first-order chi connectivity index (χ1) is 8.60. The van der Waals surface area contributed by atoms with Crippen molar-refractivity contribution in [1.29, 1.82) is 0 Å². The summed E-state index contributed by atoms with van der Waals surface area (Å²) in [6.07, 6.45) is 1.02. The van der Waals surface area contributed by atoms with Gasteiger partial charge in [-0.2, -0.15) is 0 Å². The van der Waals surface area contributed by atoms with E-state index in [2.05, 4.69) is 35.5 Å². The van der Waals surface area contributed by atoms with Crippen molar-refractivity contribution in [2.75, 3.05) is 12.4 Å². The monoisotopic (exact) mass is 271 g/mol. The fraction of sp³-hybridized carbons (Fsp3) is 0.750. The molecule has 18 heavy (non-hydrogen) atoms. The molecule has 102 valence electrons. The van der Waals surface area contributed by atoms with E-state index in [-0.39, 0.29) is 11.7 Å². The number of rotatable bonds is 7. The third-order valence-corrected chi connectivity index (χ3v) is 3.27. The molecule has 0 radical (unpaired) electrons. The second kappa shape index (κ2) is 7.41. The van der Waals surface area contributed by atoms with Crippen molar-refractivity contribution in [3.05, 3.63) is 5.82 Å². The van der Waals surface area contributed by atoms with Crippen molar-refractivity contribution in [3.63, 3.8) is 0 Å². The Bertz CT molecular complexity index is 391. The summed E-state index contributed by atoms with van der Waals surface area (Å²) in [6, 6.07) is 0. The number of hydrogen-bond acceptors (Lipinski definition) is 5. The second-order valence-electron chi connectivity index (χ2n) is 4.24. The van der Waals surface area contributed by atoms with Crippen molar-refractivity contribution >= 4 is 17.7 Å². The van der Waals surface area contributed by atoms with Crippen LogP contribution in [0.25, 0.3) is 0 Å². The minimum Gasteiger partial charge on any atom is -0.465 e. The van der Waals surface area contributed by atoms with E-state index in [0.717, 1.165) is 23.9 Å². The number of carbonyl (C=O) groups excluding carboxylic acids is 1. The van der Waals surface area contributed by atoms with Crippen LogP contribution in [0.2, 0.25) is 0 Å². The van der Waals surface area contributed by atoms with Crippen molar-refractivity contribution in [2.24, 2.45) is 0 Å². The van der Waals surface area contributed by atoms with Crippen LogP contribution in [0.5, 0.6) is 0 Å². The van der Waals surface area contributed by atoms with E-state index in [1.807, 2.05) is 0 Å². The molecular formula is C12H21N3O2S. The number of aromatic nitrogens is 3. The zero-order valence-electron chi connectivity index (χ0n) is 11.5.